The molecule has 0 aliphatic carbocycles. The molecule has 0 unspecified atom stereocenters. The zero-order valence-corrected chi connectivity index (χ0v) is 13.4. The summed E-state index contributed by atoms with van der Waals surface area (Å²) in [5, 5.41) is 19.6. The van der Waals surface area contributed by atoms with Gasteiger partial charge in [-0.3, -0.25) is 0 Å². The zero-order chi connectivity index (χ0) is 18.1. The molecule has 2 aromatic heterocycles. The number of carbonyl (C=O) groups excluding carboxylic acids is 1. The van der Waals surface area contributed by atoms with Crippen LogP contribution in [0.5, 0.6) is 11.8 Å². The average molecular weight is 344 g/mol. The number of aryl methyl sites for hydroxylation is 1. The van der Waals surface area contributed by atoms with E-state index in [-0.39, 0.29) is 12.8 Å². The Labute approximate surface area is 141 Å². The van der Waals surface area contributed by atoms with Gasteiger partial charge >= 0.3 is 11.6 Å². The normalized spacial score (nSPS) is 10.9. The molecule has 0 atom stereocenters. The van der Waals surface area contributed by atoms with Gasteiger partial charge in [0.1, 0.15) is 5.58 Å². The fourth-order valence-corrected chi connectivity index (χ4v) is 2.57. The number of aromatic hydroxyl groups is 2. The van der Waals surface area contributed by atoms with Gasteiger partial charge in [0.05, 0.1) is 6.42 Å². The molecule has 0 fully saturated rings. The van der Waals surface area contributed by atoms with Gasteiger partial charge in [0.15, 0.2) is 0 Å². The Kier molecular flexibility index (Phi) is 4.10. The van der Waals surface area contributed by atoms with Crippen LogP contribution >= 0.6 is 0 Å². The highest BCUT2D eigenvalue weighted by molar-refractivity contribution is 5.83. The third-order valence-corrected chi connectivity index (χ3v) is 3.88. The number of carbonyl (C=O) groups is 1. The third kappa shape index (κ3) is 3.14. The monoisotopic (exact) mass is 344 g/mol. The molecule has 0 saturated heterocycles. The fourth-order valence-electron chi connectivity index (χ4n) is 2.57. The zero-order valence-electron chi connectivity index (χ0n) is 13.4. The summed E-state index contributed by atoms with van der Waals surface area (Å²) >= 11 is 0. The Balaban J connectivity index is 1.80. The number of rotatable bonds is 4. The van der Waals surface area contributed by atoms with Crippen LogP contribution in [0.2, 0.25) is 0 Å². The molecule has 3 aromatic rings. The van der Waals surface area contributed by atoms with Crippen LogP contribution in [0.15, 0.2) is 39.5 Å². The van der Waals surface area contributed by atoms with Crippen LogP contribution in [-0.4, -0.2) is 20.9 Å². The lowest BCUT2D eigenvalue weighted by Gasteiger charge is -2.09. The number of nitrogen functional groups attached to an aromatic ring is 1. The molecule has 0 spiro atoms. The van der Waals surface area contributed by atoms with Gasteiger partial charge in [-0.05, 0) is 31.0 Å². The largest absolute Gasteiger partial charge is 0.492 e. The van der Waals surface area contributed by atoms with Gasteiger partial charge in [0.25, 0.3) is 0 Å². The second-order valence-electron chi connectivity index (χ2n) is 5.56. The summed E-state index contributed by atoms with van der Waals surface area (Å²) in [6.45, 7) is 1.76. The summed E-state index contributed by atoms with van der Waals surface area (Å²) < 4.78 is 5.86. The number of hydrogen-bond donors (Lipinski definition) is 3. The van der Waals surface area contributed by atoms with Crippen molar-refractivity contribution in [3.8, 4) is 11.8 Å². The highest BCUT2D eigenvalue weighted by Gasteiger charge is 2.16. The summed E-state index contributed by atoms with van der Waals surface area (Å²) in [5.74, 6) is -1.55. The number of benzene rings is 1. The Morgan fingerprint density at radius 3 is 2.60 bits per heavy atom. The number of aromatic nitrogens is 1. The Bertz CT molecular complexity index is 998. The molecule has 2 heterocycles. The van der Waals surface area contributed by atoms with E-state index in [0.717, 1.165) is 5.39 Å². The van der Waals surface area contributed by atoms with Crippen LogP contribution in [0.25, 0.3) is 11.0 Å². The summed E-state index contributed by atoms with van der Waals surface area (Å²) in [7, 11) is 0. The number of fused-ring (bicyclic) bond motifs is 1. The minimum atomic E-state index is -0.724. The second-order valence-corrected chi connectivity index (χ2v) is 5.56. The van der Waals surface area contributed by atoms with Crippen LogP contribution in [0.3, 0.4) is 0 Å². The van der Waals surface area contributed by atoms with Crippen molar-refractivity contribution >= 4 is 22.6 Å². The lowest BCUT2D eigenvalue weighted by Crippen LogP contribution is -2.21. The van der Waals surface area contributed by atoms with Crippen molar-refractivity contribution in [1.29, 1.82) is 0 Å². The maximum absolute atomic E-state index is 12.2. The molecule has 0 amide bonds. The standard InChI is InChI=1S/C17H16N2O6/c1-9-11-3-2-10(18)8-13(11)24-17(23)12(9)4-7-16(22)25-19-14(20)5-6-15(19)21/h2-3,5-6,8,20-21H,4,7,18H2,1H3. The molecule has 130 valence electrons. The molecular formula is C17H16N2O6. The summed E-state index contributed by atoms with van der Waals surface area (Å²) in [4.78, 5) is 28.9. The molecular weight excluding hydrogens is 328 g/mol. The van der Waals surface area contributed by atoms with Crippen molar-refractivity contribution in [3.05, 3.63) is 51.9 Å². The van der Waals surface area contributed by atoms with Gasteiger partial charge in [-0.15, -0.1) is 4.73 Å². The molecule has 0 saturated carbocycles. The van der Waals surface area contributed by atoms with E-state index < -0.39 is 23.4 Å². The Morgan fingerprint density at radius 2 is 1.92 bits per heavy atom. The number of anilines is 1. The van der Waals surface area contributed by atoms with E-state index in [1.54, 1.807) is 25.1 Å². The molecule has 0 radical (unpaired) electrons. The van der Waals surface area contributed by atoms with E-state index in [1.807, 2.05) is 0 Å². The smallest absolute Gasteiger partial charge is 0.339 e. The van der Waals surface area contributed by atoms with E-state index in [4.69, 9.17) is 15.0 Å². The van der Waals surface area contributed by atoms with Crippen molar-refractivity contribution in [2.24, 2.45) is 0 Å². The first kappa shape index (κ1) is 16.4. The van der Waals surface area contributed by atoms with E-state index in [9.17, 15) is 19.8 Å². The maximum atomic E-state index is 12.2. The molecule has 4 N–H and O–H groups in total. The van der Waals surface area contributed by atoms with Crippen molar-refractivity contribution in [3.63, 3.8) is 0 Å². The first-order chi connectivity index (χ1) is 11.9. The van der Waals surface area contributed by atoms with Gasteiger partial charge < -0.3 is 25.2 Å². The summed E-state index contributed by atoms with van der Waals surface area (Å²) in [6, 6.07) is 7.37. The van der Waals surface area contributed by atoms with E-state index >= 15 is 0 Å². The minimum Gasteiger partial charge on any atom is -0.492 e. The van der Waals surface area contributed by atoms with Gasteiger partial charge in [-0.25, -0.2) is 9.59 Å². The third-order valence-electron chi connectivity index (χ3n) is 3.88. The van der Waals surface area contributed by atoms with Gasteiger partial charge in [-0.1, -0.05) is 0 Å². The van der Waals surface area contributed by atoms with Gasteiger partial charge in [-0.2, -0.15) is 0 Å². The molecule has 1 aromatic carbocycles. The highest BCUT2D eigenvalue weighted by atomic mass is 16.7. The van der Waals surface area contributed by atoms with Crippen LogP contribution in [0.1, 0.15) is 17.5 Å². The molecule has 8 heteroatoms. The lowest BCUT2D eigenvalue weighted by molar-refractivity contribution is -0.145. The van der Waals surface area contributed by atoms with Crippen LogP contribution in [0.4, 0.5) is 5.69 Å². The first-order valence-corrected chi connectivity index (χ1v) is 7.49. The Hall–Kier alpha value is -3.42. The molecule has 0 aliphatic heterocycles. The predicted octanol–water partition coefficient (Wildman–Crippen LogP) is 1.48. The van der Waals surface area contributed by atoms with Crippen molar-refractivity contribution in [2.45, 2.75) is 19.8 Å². The minimum absolute atomic E-state index is 0.0934. The van der Waals surface area contributed by atoms with Crippen molar-refractivity contribution < 1.29 is 24.3 Å². The molecule has 3 rings (SSSR count). The molecule has 0 bridgehead atoms. The van der Waals surface area contributed by atoms with Crippen molar-refractivity contribution in [2.75, 3.05) is 5.73 Å². The molecule has 25 heavy (non-hydrogen) atoms. The van der Waals surface area contributed by atoms with Crippen LogP contribution < -0.4 is 16.2 Å². The second kappa shape index (κ2) is 6.23. The van der Waals surface area contributed by atoms with E-state index in [0.29, 0.717) is 27.1 Å². The SMILES string of the molecule is Cc1c(CCC(=O)On2c(O)ccc2O)c(=O)oc2cc(N)ccc12. The van der Waals surface area contributed by atoms with E-state index in [1.165, 1.54) is 12.1 Å². The quantitative estimate of drug-likeness (QED) is 0.483. The number of nitrogens with zero attached hydrogens (tertiary/aromatic N) is 1. The average Bonchev–Trinajstić information content (AvgIpc) is 2.86. The fraction of sp³-hybridized carbons (Fsp3) is 0.176. The van der Waals surface area contributed by atoms with Crippen molar-refractivity contribution in [1.82, 2.24) is 4.73 Å². The predicted molar refractivity (Wildman–Crippen MR) is 89.3 cm³/mol. The lowest BCUT2D eigenvalue weighted by atomic mass is 10.0. The van der Waals surface area contributed by atoms with Gasteiger partial charge in [0, 0.05) is 34.8 Å². The number of hydrogen-bond acceptors (Lipinski definition) is 7. The molecule has 8 nitrogen and oxygen atoms in total. The number of nitrogens with two attached hydrogens (primary N) is 1. The topological polar surface area (TPSA) is 128 Å². The van der Waals surface area contributed by atoms with Gasteiger partial charge in [0.2, 0.25) is 11.8 Å². The molecule has 0 aliphatic rings. The van der Waals surface area contributed by atoms with E-state index in [2.05, 4.69) is 0 Å². The summed E-state index contributed by atoms with van der Waals surface area (Å²) in [5.41, 5.74) is 7.06. The van der Waals surface area contributed by atoms with Crippen LogP contribution in [-0.2, 0) is 11.2 Å². The van der Waals surface area contributed by atoms with Crippen LogP contribution in [0, 0.1) is 6.92 Å². The Morgan fingerprint density at radius 1 is 1.24 bits per heavy atom. The highest BCUT2D eigenvalue weighted by Crippen LogP contribution is 2.23. The maximum Gasteiger partial charge on any atom is 0.339 e. The first-order valence-electron chi connectivity index (χ1n) is 7.49. The summed E-state index contributed by atoms with van der Waals surface area (Å²) in [6.07, 6.45) is -0.0424.